The van der Waals surface area contributed by atoms with Gasteiger partial charge in [0.05, 0.1) is 25.8 Å². The van der Waals surface area contributed by atoms with E-state index in [1.807, 2.05) is 20.8 Å². The predicted octanol–water partition coefficient (Wildman–Crippen LogP) is 2.37. The first-order valence-electron chi connectivity index (χ1n) is 6.19. The second-order valence-corrected chi connectivity index (χ2v) is 6.71. The van der Waals surface area contributed by atoms with Crippen LogP contribution in [0.1, 0.15) is 41.6 Å². The fourth-order valence-electron chi connectivity index (χ4n) is 2.03. The van der Waals surface area contributed by atoms with Crippen molar-refractivity contribution in [2.24, 2.45) is 0 Å². The highest BCUT2D eigenvalue weighted by Crippen LogP contribution is 2.38. The molecule has 0 spiro atoms. The van der Waals surface area contributed by atoms with Crippen molar-refractivity contribution >= 4 is 28.4 Å². The van der Waals surface area contributed by atoms with E-state index in [0.29, 0.717) is 23.7 Å². The summed E-state index contributed by atoms with van der Waals surface area (Å²) in [7, 11) is 1.31. The van der Waals surface area contributed by atoms with Gasteiger partial charge in [-0.15, -0.1) is 11.3 Å². The molecule has 1 aromatic heterocycles. The summed E-state index contributed by atoms with van der Waals surface area (Å²) in [4.78, 5) is 26.2. The molecule has 2 N–H and O–H groups in total. The smallest absolute Gasteiger partial charge is 0.410 e. The molecule has 0 saturated heterocycles. The summed E-state index contributed by atoms with van der Waals surface area (Å²) in [5.74, 6) is -0.467. The van der Waals surface area contributed by atoms with Gasteiger partial charge in [-0.2, -0.15) is 0 Å². The van der Waals surface area contributed by atoms with Gasteiger partial charge in [0.25, 0.3) is 0 Å². The monoisotopic (exact) mass is 298 g/mol. The predicted molar refractivity (Wildman–Crippen MR) is 75.6 cm³/mol. The highest BCUT2D eigenvalue weighted by Gasteiger charge is 2.34. The Labute approximate surface area is 121 Å². The lowest BCUT2D eigenvalue weighted by molar-refractivity contribution is 0.0241. The number of fused-ring (bicyclic) bond motifs is 1. The molecule has 0 aromatic carbocycles. The molecule has 0 unspecified atom stereocenters. The summed E-state index contributed by atoms with van der Waals surface area (Å²) >= 11 is 1.31. The number of hydrogen-bond acceptors (Lipinski definition) is 6. The Morgan fingerprint density at radius 2 is 1.95 bits per heavy atom. The van der Waals surface area contributed by atoms with Crippen LogP contribution < -0.4 is 5.73 Å². The average molecular weight is 298 g/mol. The van der Waals surface area contributed by atoms with Crippen molar-refractivity contribution in [3.8, 4) is 0 Å². The number of anilines is 1. The third kappa shape index (κ3) is 2.72. The third-order valence-electron chi connectivity index (χ3n) is 2.84. The van der Waals surface area contributed by atoms with Gasteiger partial charge in [-0.25, -0.2) is 9.59 Å². The minimum Gasteiger partial charge on any atom is -0.465 e. The Balaban J connectivity index is 2.18. The number of methoxy groups -OCH3 is 1. The zero-order chi connectivity index (χ0) is 15.1. The average Bonchev–Trinajstić information content (AvgIpc) is 2.82. The van der Waals surface area contributed by atoms with Crippen molar-refractivity contribution in [1.29, 1.82) is 0 Å². The number of rotatable bonds is 1. The summed E-state index contributed by atoms with van der Waals surface area (Å²) in [6.45, 7) is 6.18. The van der Waals surface area contributed by atoms with Crippen LogP contribution in [0.25, 0.3) is 0 Å². The van der Waals surface area contributed by atoms with Crippen LogP contribution in [0.5, 0.6) is 0 Å². The molecule has 0 fully saturated rings. The summed E-state index contributed by atoms with van der Waals surface area (Å²) in [6.07, 6.45) is -0.393. The first-order chi connectivity index (χ1) is 9.23. The van der Waals surface area contributed by atoms with Crippen LogP contribution in [0.4, 0.5) is 9.80 Å². The van der Waals surface area contributed by atoms with E-state index < -0.39 is 17.7 Å². The fraction of sp³-hybridized carbons (Fsp3) is 0.538. The molecule has 20 heavy (non-hydrogen) atoms. The molecule has 2 heterocycles. The molecule has 0 radical (unpaired) electrons. The van der Waals surface area contributed by atoms with Crippen LogP contribution in [-0.4, -0.2) is 29.7 Å². The minimum absolute atomic E-state index is 0.322. The standard InChI is InChI=1S/C13H18N2O4S/c1-13(2,3)19-12(17)15-5-7-8(6-15)20-10(14)9(7)11(16)18-4/h5-6,14H2,1-4H3. The van der Waals surface area contributed by atoms with Gasteiger partial charge >= 0.3 is 12.1 Å². The van der Waals surface area contributed by atoms with E-state index in [-0.39, 0.29) is 0 Å². The van der Waals surface area contributed by atoms with Gasteiger partial charge in [0.2, 0.25) is 0 Å². The van der Waals surface area contributed by atoms with Crippen molar-refractivity contribution in [2.75, 3.05) is 12.8 Å². The molecular formula is C13H18N2O4S. The maximum absolute atomic E-state index is 12.0. The minimum atomic E-state index is -0.544. The first kappa shape index (κ1) is 14.6. The van der Waals surface area contributed by atoms with E-state index in [4.69, 9.17) is 15.2 Å². The van der Waals surface area contributed by atoms with E-state index in [2.05, 4.69) is 0 Å². The molecule has 1 amide bonds. The van der Waals surface area contributed by atoms with Gasteiger partial charge < -0.3 is 15.2 Å². The highest BCUT2D eigenvalue weighted by molar-refractivity contribution is 7.16. The number of nitrogen functional groups attached to an aromatic ring is 1. The number of esters is 1. The Bertz CT molecular complexity index is 559. The number of nitrogens with two attached hydrogens (primary N) is 1. The lowest BCUT2D eigenvalue weighted by atomic mass is 10.1. The number of thiophene rings is 1. The number of carbonyl (C=O) groups excluding carboxylic acids is 2. The summed E-state index contributed by atoms with van der Waals surface area (Å²) in [6, 6.07) is 0. The van der Waals surface area contributed by atoms with Crippen molar-refractivity contribution in [3.05, 3.63) is 16.0 Å². The molecule has 2 rings (SSSR count). The SMILES string of the molecule is COC(=O)c1c(N)sc2c1CN(C(=O)OC(C)(C)C)C2. The van der Waals surface area contributed by atoms with Gasteiger partial charge in [-0.1, -0.05) is 0 Å². The van der Waals surface area contributed by atoms with Crippen molar-refractivity contribution < 1.29 is 19.1 Å². The number of amides is 1. The van der Waals surface area contributed by atoms with E-state index in [1.54, 1.807) is 4.90 Å². The summed E-state index contributed by atoms with van der Waals surface area (Å²) in [5.41, 5.74) is 6.43. The zero-order valence-electron chi connectivity index (χ0n) is 12.0. The van der Waals surface area contributed by atoms with Gasteiger partial charge in [0.15, 0.2) is 0 Å². The Morgan fingerprint density at radius 3 is 2.50 bits per heavy atom. The first-order valence-corrected chi connectivity index (χ1v) is 7.01. The van der Waals surface area contributed by atoms with Crippen LogP contribution in [0, 0.1) is 0 Å². The van der Waals surface area contributed by atoms with E-state index in [0.717, 1.165) is 10.4 Å². The Morgan fingerprint density at radius 1 is 1.30 bits per heavy atom. The van der Waals surface area contributed by atoms with Crippen molar-refractivity contribution in [2.45, 2.75) is 39.5 Å². The molecule has 1 aromatic rings. The van der Waals surface area contributed by atoms with E-state index >= 15 is 0 Å². The fourth-order valence-corrected chi connectivity index (χ4v) is 3.11. The second kappa shape index (κ2) is 4.97. The molecule has 110 valence electrons. The number of carbonyl (C=O) groups is 2. The van der Waals surface area contributed by atoms with Crippen LogP contribution in [0.2, 0.25) is 0 Å². The quantitative estimate of drug-likeness (QED) is 0.805. The molecule has 0 bridgehead atoms. The van der Waals surface area contributed by atoms with Gasteiger partial charge in [-0.05, 0) is 20.8 Å². The molecule has 7 heteroatoms. The maximum Gasteiger partial charge on any atom is 0.410 e. The molecule has 0 saturated carbocycles. The normalized spacial score (nSPS) is 14.1. The topological polar surface area (TPSA) is 81.9 Å². The lowest BCUT2D eigenvalue weighted by Gasteiger charge is -2.24. The maximum atomic E-state index is 12.0. The molecule has 1 aliphatic rings. The molecule has 0 aliphatic carbocycles. The van der Waals surface area contributed by atoms with E-state index in [9.17, 15) is 9.59 Å². The largest absolute Gasteiger partial charge is 0.465 e. The Hall–Kier alpha value is -1.76. The highest BCUT2D eigenvalue weighted by atomic mass is 32.1. The number of nitrogens with zero attached hydrogens (tertiary/aromatic N) is 1. The van der Waals surface area contributed by atoms with Crippen molar-refractivity contribution in [3.63, 3.8) is 0 Å². The Kier molecular flexibility index (Phi) is 3.64. The van der Waals surface area contributed by atoms with Gasteiger partial charge in [0, 0.05) is 10.4 Å². The van der Waals surface area contributed by atoms with Crippen LogP contribution in [0.3, 0.4) is 0 Å². The molecule has 0 atom stereocenters. The summed E-state index contributed by atoms with van der Waals surface area (Å²) in [5, 5.41) is 0.436. The van der Waals surface area contributed by atoms with Gasteiger partial charge in [-0.3, -0.25) is 4.90 Å². The lowest BCUT2D eigenvalue weighted by Crippen LogP contribution is -2.33. The number of ether oxygens (including phenoxy) is 2. The third-order valence-corrected chi connectivity index (χ3v) is 3.89. The second-order valence-electron chi connectivity index (χ2n) is 5.57. The summed E-state index contributed by atoms with van der Waals surface area (Å²) < 4.78 is 10.1. The van der Waals surface area contributed by atoms with Gasteiger partial charge in [0.1, 0.15) is 10.6 Å². The zero-order valence-corrected chi connectivity index (χ0v) is 12.8. The number of hydrogen-bond donors (Lipinski definition) is 1. The van der Waals surface area contributed by atoms with Crippen LogP contribution >= 0.6 is 11.3 Å². The molecule has 6 nitrogen and oxygen atoms in total. The van der Waals surface area contributed by atoms with E-state index in [1.165, 1.54) is 18.4 Å². The molecular weight excluding hydrogens is 280 g/mol. The molecule has 1 aliphatic heterocycles. The van der Waals surface area contributed by atoms with Crippen LogP contribution in [0.15, 0.2) is 0 Å². The van der Waals surface area contributed by atoms with Crippen molar-refractivity contribution in [1.82, 2.24) is 4.90 Å². The van der Waals surface area contributed by atoms with Crippen LogP contribution in [-0.2, 0) is 22.6 Å².